The van der Waals surface area contributed by atoms with Gasteiger partial charge >= 0.3 is 0 Å². The summed E-state index contributed by atoms with van der Waals surface area (Å²) in [5, 5.41) is 12.5. The topological polar surface area (TPSA) is 73.1 Å². The van der Waals surface area contributed by atoms with Crippen molar-refractivity contribution in [2.45, 2.75) is 26.0 Å². The first-order chi connectivity index (χ1) is 9.75. The number of carbonyl (C=O) groups is 1. The first kappa shape index (κ1) is 14.1. The second-order valence-corrected chi connectivity index (χ2v) is 4.29. The van der Waals surface area contributed by atoms with Crippen molar-refractivity contribution in [3.63, 3.8) is 0 Å². The molecule has 2 rings (SSSR count). The van der Waals surface area contributed by atoms with Gasteiger partial charge in [0, 0.05) is 13.5 Å². The molecule has 0 unspecified atom stereocenters. The molecule has 1 aromatic heterocycles. The molecule has 0 saturated carbocycles. The molecule has 0 bridgehead atoms. The van der Waals surface area contributed by atoms with Crippen LogP contribution in [0, 0.1) is 0 Å². The Hall–Kier alpha value is -2.28. The smallest absolute Gasteiger partial charge is 0.245 e. The summed E-state index contributed by atoms with van der Waals surface area (Å²) in [6.45, 7) is 0.950. The van der Waals surface area contributed by atoms with Crippen LogP contribution in [0.25, 0.3) is 0 Å². The van der Waals surface area contributed by atoms with Crippen LogP contribution in [-0.4, -0.2) is 38.2 Å². The lowest BCUT2D eigenvalue weighted by atomic mass is 10.2. The number of rotatable bonds is 7. The quantitative estimate of drug-likeness (QED) is 0.706. The molecule has 1 amide bonds. The summed E-state index contributed by atoms with van der Waals surface area (Å²) in [7, 11) is 1.62. The summed E-state index contributed by atoms with van der Waals surface area (Å²) < 4.78 is 0. The Labute approximate surface area is 117 Å². The molecule has 106 valence electrons. The predicted octanol–water partition coefficient (Wildman–Crippen LogP) is 1.04. The third-order valence-corrected chi connectivity index (χ3v) is 2.76. The third kappa shape index (κ3) is 4.43. The lowest BCUT2D eigenvalue weighted by molar-refractivity contribution is -0.182. The van der Waals surface area contributed by atoms with E-state index in [0.29, 0.717) is 26.0 Å². The van der Waals surface area contributed by atoms with Gasteiger partial charge in [-0.3, -0.25) is 9.63 Å². The Kier molecular flexibility index (Phi) is 5.19. The van der Waals surface area contributed by atoms with E-state index in [-0.39, 0.29) is 5.91 Å². The van der Waals surface area contributed by atoms with Gasteiger partial charge in [0.1, 0.15) is 6.61 Å². The maximum absolute atomic E-state index is 11.8. The zero-order valence-corrected chi connectivity index (χ0v) is 11.3. The number of hydrogen-bond acceptors (Lipinski definition) is 5. The fourth-order valence-electron chi connectivity index (χ4n) is 1.64. The maximum atomic E-state index is 11.8. The Morgan fingerprint density at radius 3 is 2.85 bits per heavy atom. The highest BCUT2D eigenvalue weighted by Gasteiger charge is 2.09. The van der Waals surface area contributed by atoms with Crippen molar-refractivity contribution in [3.8, 4) is 0 Å². The molecule has 0 saturated heterocycles. The number of nitrogens with zero attached hydrogens (tertiary/aromatic N) is 5. The van der Waals surface area contributed by atoms with Crippen molar-refractivity contribution in [1.82, 2.24) is 25.3 Å². The highest BCUT2D eigenvalue weighted by Crippen LogP contribution is 2.04. The summed E-state index contributed by atoms with van der Waals surface area (Å²) in [6, 6.07) is 9.72. The van der Waals surface area contributed by atoms with Crippen molar-refractivity contribution in [2.24, 2.45) is 0 Å². The van der Waals surface area contributed by atoms with Crippen molar-refractivity contribution < 1.29 is 9.63 Å². The summed E-state index contributed by atoms with van der Waals surface area (Å²) in [5.41, 5.74) is 1.03. The van der Waals surface area contributed by atoms with Gasteiger partial charge < -0.3 is 0 Å². The molecular formula is C13H17N5O2. The van der Waals surface area contributed by atoms with Crippen molar-refractivity contribution in [2.75, 3.05) is 7.05 Å². The number of carbonyl (C=O) groups excluding carboxylic acids is 1. The van der Waals surface area contributed by atoms with Gasteiger partial charge in [-0.2, -0.15) is 4.80 Å². The maximum Gasteiger partial charge on any atom is 0.245 e. The standard InChI is InChI=1S/C13H17N5O2/c1-17(20-10-12-6-3-2-4-7-12)13(19)8-5-9-18-15-11-14-16-18/h2-4,6-7,11H,5,8-10H2,1H3. The highest BCUT2D eigenvalue weighted by molar-refractivity contribution is 5.74. The number of aryl methyl sites for hydroxylation is 1. The van der Waals surface area contributed by atoms with Gasteiger partial charge in [-0.1, -0.05) is 30.3 Å². The lowest BCUT2D eigenvalue weighted by Crippen LogP contribution is -2.26. The van der Waals surface area contributed by atoms with E-state index in [4.69, 9.17) is 4.84 Å². The molecule has 0 fully saturated rings. The summed E-state index contributed by atoms with van der Waals surface area (Å²) in [5.74, 6) is -0.0685. The predicted molar refractivity (Wildman–Crippen MR) is 71.1 cm³/mol. The summed E-state index contributed by atoms with van der Waals surface area (Å²) in [4.78, 5) is 18.7. The first-order valence-corrected chi connectivity index (χ1v) is 6.40. The molecule has 1 aromatic carbocycles. The molecule has 0 aliphatic heterocycles. The minimum Gasteiger partial charge on any atom is -0.273 e. The second kappa shape index (κ2) is 7.34. The number of benzene rings is 1. The van der Waals surface area contributed by atoms with Crippen LogP contribution in [-0.2, 0) is 22.8 Å². The molecule has 7 nitrogen and oxygen atoms in total. The van der Waals surface area contributed by atoms with Crippen LogP contribution in [0.2, 0.25) is 0 Å². The zero-order chi connectivity index (χ0) is 14.2. The van der Waals surface area contributed by atoms with E-state index in [1.807, 2.05) is 30.3 Å². The van der Waals surface area contributed by atoms with Gasteiger partial charge in [0.15, 0.2) is 6.33 Å². The van der Waals surface area contributed by atoms with Crippen molar-refractivity contribution >= 4 is 5.91 Å². The van der Waals surface area contributed by atoms with Gasteiger partial charge in [0.25, 0.3) is 0 Å². The molecule has 1 heterocycles. The van der Waals surface area contributed by atoms with Crippen molar-refractivity contribution in [3.05, 3.63) is 42.2 Å². The second-order valence-electron chi connectivity index (χ2n) is 4.29. The van der Waals surface area contributed by atoms with Crippen LogP contribution in [0.15, 0.2) is 36.7 Å². The number of tetrazole rings is 1. The van der Waals surface area contributed by atoms with Crippen molar-refractivity contribution in [1.29, 1.82) is 0 Å². The first-order valence-electron chi connectivity index (χ1n) is 6.40. The Morgan fingerprint density at radius 2 is 2.15 bits per heavy atom. The van der Waals surface area contributed by atoms with E-state index in [9.17, 15) is 4.79 Å². The van der Waals surface area contributed by atoms with Crippen LogP contribution in [0.1, 0.15) is 18.4 Å². The fourth-order valence-corrected chi connectivity index (χ4v) is 1.64. The van der Waals surface area contributed by atoms with E-state index in [1.54, 1.807) is 7.05 Å². The van der Waals surface area contributed by atoms with Gasteiger partial charge in [-0.15, -0.1) is 10.2 Å². The van der Waals surface area contributed by atoms with E-state index >= 15 is 0 Å². The number of amides is 1. The zero-order valence-electron chi connectivity index (χ0n) is 11.3. The van der Waals surface area contributed by atoms with Gasteiger partial charge in [-0.25, -0.2) is 5.06 Å². The van der Waals surface area contributed by atoms with Crippen LogP contribution in [0.5, 0.6) is 0 Å². The Bertz CT molecular complexity index is 515. The van der Waals surface area contributed by atoms with Crippen LogP contribution in [0.4, 0.5) is 0 Å². The van der Waals surface area contributed by atoms with Crippen LogP contribution in [0.3, 0.4) is 0 Å². The molecule has 2 aromatic rings. The molecule has 0 aliphatic rings. The highest BCUT2D eigenvalue weighted by atomic mass is 16.7. The molecule has 0 atom stereocenters. The number of hydrogen-bond donors (Lipinski definition) is 0. The number of hydroxylamine groups is 2. The molecule has 0 spiro atoms. The SMILES string of the molecule is CN(OCc1ccccc1)C(=O)CCCn1ncnn1. The van der Waals surface area contributed by atoms with Gasteiger partial charge in [-0.05, 0) is 17.2 Å². The number of aromatic nitrogens is 4. The average Bonchev–Trinajstić information content (AvgIpc) is 2.99. The normalized spacial score (nSPS) is 10.4. The van der Waals surface area contributed by atoms with Crippen LogP contribution >= 0.6 is 0 Å². The van der Waals surface area contributed by atoms with E-state index in [2.05, 4.69) is 15.4 Å². The van der Waals surface area contributed by atoms with E-state index in [0.717, 1.165) is 5.56 Å². The monoisotopic (exact) mass is 275 g/mol. The lowest BCUT2D eigenvalue weighted by Gasteiger charge is -2.16. The molecule has 0 N–H and O–H groups in total. The molecule has 20 heavy (non-hydrogen) atoms. The molecule has 7 heteroatoms. The molecular weight excluding hydrogens is 258 g/mol. The van der Waals surface area contributed by atoms with Gasteiger partial charge in [0.2, 0.25) is 5.91 Å². The summed E-state index contributed by atoms with van der Waals surface area (Å²) in [6.07, 6.45) is 2.40. The largest absolute Gasteiger partial charge is 0.273 e. The minimum absolute atomic E-state index is 0.0685. The van der Waals surface area contributed by atoms with Gasteiger partial charge in [0.05, 0.1) is 6.54 Å². The third-order valence-electron chi connectivity index (χ3n) is 2.76. The van der Waals surface area contributed by atoms with E-state index < -0.39 is 0 Å². The van der Waals surface area contributed by atoms with Crippen LogP contribution < -0.4 is 0 Å². The summed E-state index contributed by atoms with van der Waals surface area (Å²) >= 11 is 0. The Balaban J connectivity index is 1.66. The van der Waals surface area contributed by atoms with E-state index in [1.165, 1.54) is 16.2 Å². The molecule has 0 aliphatic carbocycles. The average molecular weight is 275 g/mol. The molecule has 0 radical (unpaired) electrons. The minimum atomic E-state index is -0.0685. The fraction of sp³-hybridized carbons (Fsp3) is 0.385. The Morgan fingerprint density at radius 1 is 1.35 bits per heavy atom.